The van der Waals surface area contributed by atoms with E-state index in [2.05, 4.69) is 15.3 Å². The lowest BCUT2D eigenvalue weighted by Crippen LogP contribution is -2.42. The summed E-state index contributed by atoms with van der Waals surface area (Å²) in [7, 11) is 0. The van der Waals surface area contributed by atoms with Gasteiger partial charge in [-0.15, -0.1) is 11.3 Å². The van der Waals surface area contributed by atoms with Crippen LogP contribution in [0, 0.1) is 39.4 Å². The molecule has 0 spiro atoms. The quantitative estimate of drug-likeness (QED) is 0.337. The molecule has 1 aromatic rings. The number of carbonyl (C=O) groups is 1. The van der Waals surface area contributed by atoms with Gasteiger partial charge in [-0.1, -0.05) is 16.4 Å². The molecule has 2 heterocycles. The highest BCUT2D eigenvalue weighted by atomic mass is 32.1. The van der Waals surface area contributed by atoms with Gasteiger partial charge in [0.25, 0.3) is 0 Å². The number of thiophene rings is 1. The second-order valence-corrected chi connectivity index (χ2v) is 7.90. The van der Waals surface area contributed by atoms with E-state index in [1.54, 1.807) is 45.2 Å². The zero-order valence-corrected chi connectivity index (χ0v) is 16.6. The van der Waals surface area contributed by atoms with E-state index in [0.29, 0.717) is 16.3 Å². The van der Waals surface area contributed by atoms with Crippen LogP contribution in [0.5, 0.6) is 0 Å². The fourth-order valence-electron chi connectivity index (χ4n) is 3.49. The van der Waals surface area contributed by atoms with Gasteiger partial charge < -0.3 is 15.4 Å². The summed E-state index contributed by atoms with van der Waals surface area (Å²) in [5, 5.41) is 29.6. The van der Waals surface area contributed by atoms with Crippen LogP contribution in [-0.2, 0) is 9.68 Å². The van der Waals surface area contributed by atoms with E-state index in [4.69, 9.17) is 15.4 Å². The van der Waals surface area contributed by atoms with Crippen LogP contribution in [-0.4, -0.2) is 29.0 Å². The highest BCUT2D eigenvalue weighted by Gasteiger charge is 2.97. The molecule has 144 valence electrons. The number of nitrogens with two attached hydrogens (primary N) is 1. The Morgan fingerprint density at radius 3 is 2.25 bits per heavy atom. The Morgan fingerprint density at radius 1 is 1.21 bits per heavy atom. The molecule has 0 amide bonds. The van der Waals surface area contributed by atoms with Gasteiger partial charge in [-0.2, -0.15) is 15.5 Å². The first-order chi connectivity index (χ1) is 13.2. The highest BCUT2D eigenvalue weighted by Crippen LogP contribution is 2.78. The number of fused-ring (bicyclic) bond motifs is 1. The lowest BCUT2D eigenvalue weighted by atomic mass is 9.94. The summed E-state index contributed by atoms with van der Waals surface area (Å²) in [6.45, 7) is 6.67. The van der Waals surface area contributed by atoms with E-state index in [9.17, 15) is 15.3 Å². The average molecular weight is 398 g/mol. The minimum Gasteiger partial charge on any atom is -0.386 e. The smallest absolute Gasteiger partial charge is 0.386 e. The lowest BCUT2D eigenvalue weighted by Gasteiger charge is -2.27. The predicted octanol–water partition coefficient (Wildman–Crippen LogP) is 2.43. The van der Waals surface area contributed by atoms with Crippen LogP contribution < -0.4 is 5.73 Å². The van der Waals surface area contributed by atoms with E-state index in [0.717, 1.165) is 0 Å². The molecule has 2 aliphatic rings. The zero-order chi connectivity index (χ0) is 20.7. The number of ketones is 1. The van der Waals surface area contributed by atoms with Gasteiger partial charge >= 0.3 is 5.91 Å². The van der Waals surface area contributed by atoms with Crippen molar-refractivity contribution in [2.24, 2.45) is 37.8 Å². The first kappa shape index (κ1) is 19.5. The molecule has 2 N–H and O–H groups in total. The molecule has 0 bridgehead atoms. The molecule has 1 aliphatic heterocycles. The summed E-state index contributed by atoms with van der Waals surface area (Å²) >= 11 is 1.21. The molecule has 0 unspecified atom stereocenters. The van der Waals surface area contributed by atoms with E-state index in [-0.39, 0.29) is 5.84 Å². The number of rotatable bonds is 6. The number of nitriles is 2. The van der Waals surface area contributed by atoms with E-state index < -0.39 is 28.4 Å². The van der Waals surface area contributed by atoms with Crippen molar-refractivity contribution in [3.63, 3.8) is 0 Å². The summed E-state index contributed by atoms with van der Waals surface area (Å²) in [6.07, 6.45) is 0. The van der Waals surface area contributed by atoms with Gasteiger partial charge in [-0.3, -0.25) is 4.79 Å². The van der Waals surface area contributed by atoms with Crippen molar-refractivity contribution in [2.75, 3.05) is 0 Å². The van der Waals surface area contributed by atoms with Gasteiger partial charge in [0.15, 0.2) is 11.2 Å². The second kappa shape index (κ2) is 6.43. The Morgan fingerprint density at radius 2 is 1.82 bits per heavy atom. The highest BCUT2D eigenvalue weighted by molar-refractivity contribution is 7.12. The van der Waals surface area contributed by atoms with Crippen molar-refractivity contribution >= 4 is 34.4 Å². The predicted molar refractivity (Wildman–Crippen MR) is 102 cm³/mol. The van der Waals surface area contributed by atoms with Gasteiger partial charge in [-0.25, -0.2) is 0 Å². The van der Waals surface area contributed by atoms with Crippen LogP contribution in [0.15, 0.2) is 32.8 Å². The molecule has 0 radical (unpaired) electrons. The maximum absolute atomic E-state index is 13.1. The summed E-state index contributed by atoms with van der Waals surface area (Å²) < 4.78 is 0. The lowest BCUT2D eigenvalue weighted by molar-refractivity contribution is -0.262. The first-order valence-corrected chi connectivity index (χ1v) is 9.25. The van der Waals surface area contributed by atoms with Crippen molar-refractivity contribution < 1.29 is 14.5 Å². The van der Waals surface area contributed by atoms with Crippen LogP contribution in [0.4, 0.5) is 0 Å². The average Bonchev–Trinajstić information content (AvgIpc) is 2.93. The SMILES string of the molecule is CC(C)=NOC1(ON=C(C)C)N=C(N)[C@]2(C#N)[C@H](C(=O)c3cccs3)[C@@]12C#N. The first-order valence-electron chi connectivity index (χ1n) is 8.37. The third-order valence-corrected chi connectivity index (χ3v) is 5.54. The number of hydrogen-bond donors (Lipinski definition) is 1. The number of amidine groups is 1. The Labute approximate surface area is 165 Å². The van der Waals surface area contributed by atoms with Crippen LogP contribution in [0.1, 0.15) is 37.4 Å². The van der Waals surface area contributed by atoms with Crippen molar-refractivity contribution in [3.8, 4) is 12.1 Å². The fraction of sp³-hybridized carbons (Fsp3) is 0.444. The van der Waals surface area contributed by atoms with Crippen molar-refractivity contribution in [1.29, 1.82) is 10.5 Å². The minimum absolute atomic E-state index is 0.209. The number of aliphatic imine (C=N–C) groups is 1. The number of Topliss-reactive ketones (excluding diaryl/α,β-unsaturated/α-hetero) is 1. The van der Waals surface area contributed by atoms with Crippen molar-refractivity contribution in [1.82, 2.24) is 0 Å². The van der Waals surface area contributed by atoms with Crippen molar-refractivity contribution in [3.05, 3.63) is 22.4 Å². The topological polar surface area (TPSA) is 146 Å². The maximum Gasteiger partial charge on any atom is 0.421 e. The molecule has 3 rings (SSSR count). The number of nitrogens with zero attached hydrogens (tertiary/aromatic N) is 5. The normalized spacial score (nSPS) is 28.6. The van der Waals surface area contributed by atoms with Crippen LogP contribution in [0.25, 0.3) is 0 Å². The van der Waals surface area contributed by atoms with E-state index in [1.165, 1.54) is 11.3 Å². The van der Waals surface area contributed by atoms with Crippen molar-refractivity contribution in [2.45, 2.75) is 33.6 Å². The third-order valence-electron chi connectivity index (χ3n) is 4.66. The number of carbonyl (C=O) groups excluding carboxylic acids is 1. The fourth-order valence-corrected chi connectivity index (χ4v) is 4.18. The molecule has 9 nitrogen and oxygen atoms in total. The minimum atomic E-state index is -2.15. The molecule has 0 saturated heterocycles. The number of hydrogen-bond acceptors (Lipinski definition) is 10. The molecule has 3 atom stereocenters. The molecule has 1 saturated carbocycles. The van der Waals surface area contributed by atoms with Crippen LogP contribution >= 0.6 is 11.3 Å². The monoisotopic (exact) mass is 398 g/mol. The molecular formula is C18H18N6O3S. The zero-order valence-electron chi connectivity index (χ0n) is 15.8. The van der Waals surface area contributed by atoms with Gasteiger partial charge in [0.2, 0.25) is 5.41 Å². The Kier molecular flexibility index (Phi) is 4.48. The number of oxime groups is 2. The summed E-state index contributed by atoms with van der Waals surface area (Å²) in [5.74, 6) is -3.87. The van der Waals surface area contributed by atoms with Gasteiger partial charge in [-0.05, 0) is 39.1 Å². The summed E-state index contributed by atoms with van der Waals surface area (Å²) in [6, 6.07) is 7.40. The molecule has 28 heavy (non-hydrogen) atoms. The standard InChI is InChI=1S/C18H18N6O3S/c1-10(2)23-26-18(27-24-11(3)4)17(9-20)14(13(25)12-6-5-7-28-12)16(17,8-19)15(21)22-18/h5-7,14H,1-4H3,(H2,21,22)/t14-,16-,17+/m0/s1. The van der Waals surface area contributed by atoms with Crippen LogP contribution in [0.2, 0.25) is 0 Å². The van der Waals surface area contributed by atoms with E-state index >= 15 is 0 Å². The summed E-state index contributed by atoms with van der Waals surface area (Å²) in [4.78, 5) is 28.7. The molecule has 1 aromatic heterocycles. The molecule has 10 heteroatoms. The van der Waals surface area contributed by atoms with E-state index in [1.807, 2.05) is 12.1 Å². The van der Waals surface area contributed by atoms with Gasteiger partial charge in [0.05, 0.1) is 34.4 Å². The van der Waals surface area contributed by atoms with Gasteiger partial charge in [0, 0.05) is 0 Å². The molecule has 1 aliphatic carbocycles. The van der Waals surface area contributed by atoms with Crippen LogP contribution in [0.3, 0.4) is 0 Å². The summed E-state index contributed by atoms with van der Waals surface area (Å²) in [5.41, 5.74) is 3.59. The second-order valence-electron chi connectivity index (χ2n) is 6.95. The molecular weight excluding hydrogens is 380 g/mol. The third kappa shape index (κ3) is 2.28. The Hall–Kier alpha value is -3.24. The van der Waals surface area contributed by atoms with Gasteiger partial charge in [0.1, 0.15) is 5.84 Å². The Balaban J connectivity index is 2.20. The maximum atomic E-state index is 13.1. The largest absolute Gasteiger partial charge is 0.421 e. The molecule has 1 fully saturated rings. The molecule has 0 aromatic carbocycles. The Bertz CT molecular complexity index is 972.